The fraction of sp³-hybridized carbons (Fsp3) is 0.190. The Labute approximate surface area is 176 Å². The summed E-state index contributed by atoms with van der Waals surface area (Å²) in [6, 6.07) is 12.3. The van der Waals surface area contributed by atoms with E-state index in [1.54, 1.807) is 50.4 Å². The summed E-state index contributed by atoms with van der Waals surface area (Å²) in [4.78, 5) is 39.1. The Kier molecular flexibility index (Phi) is 6.30. The van der Waals surface area contributed by atoms with E-state index >= 15 is 0 Å². The molecule has 0 saturated carbocycles. The van der Waals surface area contributed by atoms with Crippen LogP contribution in [0.1, 0.15) is 31.3 Å². The molecular formula is C21H18ClFN2O3S. The van der Waals surface area contributed by atoms with Crippen molar-refractivity contribution < 1.29 is 14.0 Å². The van der Waals surface area contributed by atoms with E-state index in [2.05, 4.69) is 0 Å². The molecule has 0 aliphatic carbocycles. The Morgan fingerprint density at radius 3 is 2.34 bits per heavy atom. The van der Waals surface area contributed by atoms with Gasteiger partial charge in [-0.3, -0.25) is 19.0 Å². The van der Waals surface area contributed by atoms with Gasteiger partial charge in [-0.05, 0) is 48.9 Å². The number of amides is 1. The van der Waals surface area contributed by atoms with Crippen LogP contribution in [0.25, 0.3) is 0 Å². The molecule has 0 aliphatic heterocycles. The maximum absolute atomic E-state index is 13.0. The summed E-state index contributed by atoms with van der Waals surface area (Å²) in [6.45, 7) is 1.76. The first-order valence-electron chi connectivity index (χ1n) is 8.75. The van der Waals surface area contributed by atoms with Crippen LogP contribution in [0, 0.1) is 12.7 Å². The van der Waals surface area contributed by atoms with Gasteiger partial charge in [-0.2, -0.15) is 0 Å². The van der Waals surface area contributed by atoms with Gasteiger partial charge in [0.1, 0.15) is 10.7 Å². The van der Waals surface area contributed by atoms with Crippen LogP contribution in [0.4, 0.5) is 4.39 Å². The first-order chi connectivity index (χ1) is 13.8. The molecule has 0 unspecified atom stereocenters. The van der Waals surface area contributed by atoms with Crippen LogP contribution in [0.3, 0.4) is 0 Å². The lowest BCUT2D eigenvalue weighted by Crippen LogP contribution is -2.26. The maximum atomic E-state index is 13.0. The number of Topliss-reactive ketones (excluding diaryl/α,β-unsaturated/α-hetero) is 1. The van der Waals surface area contributed by atoms with Crippen LogP contribution < -0.4 is 4.87 Å². The normalized spacial score (nSPS) is 10.8. The number of rotatable bonds is 6. The van der Waals surface area contributed by atoms with Gasteiger partial charge in [-0.1, -0.05) is 35.1 Å². The lowest BCUT2D eigenvalue weighted by molar-refractivity contribution is 0.0787. The van der Waals surface area contributed by atoms with Gasteiger partial charge in [0.05, 0.1) is 6.54 Å². The van der Waals surface area contributed by atoms with E-state index in [1.807, 2.05) is 0 Å². The lowest BCUT2D eigenvalue weighted by Gasteiger charge is -2.17. The molecule has 8 heteroatoms. The van der Waals surface area contributed by atoms with Crippen molar-refractivity contribution in [3.05, 3.63) is 90.7 Å². The van der Waals surface area contributed by atoms with Gasteiger partial charge in [-0.25, -0.2) is 4.39 Å². The molecule has 0 radical (unpaired) electrons. The molecule has 0 atom stereocenters. The van der Waals surface area contributed by atoms with E-state index in [0.717, 1.165) is 16.9 Å². The van der Waals surface area contributed by atoms with E-state index in [1.165, 1.54) is 21.6 Å². The Bertz CT molecular complexity index is 1100. The highest BCUT2D eigenvalue weighted by Gasteiger charge is 2.22. The molecular weight excluding hydrogens is 415 g/mol. The van der Waals surface area contributed by atoms with Crippen molar-refractivity contribution >= 4 is 34.6 Å². The molecule has 0 aliphatic rings. The molecule has 1 amide bonds. The molecule has 0 N–H and O–H groups in total. The second-order valence-corrected chi connectivity index (χ2v) is 7.98. The molecule has 5 nitrogen and oxygen atoms in total. The molecule has 1 heterocycles. The SMILES string of the molecule is Cc1c(C(=O)N(C)Cc2ccc(F)cc2)sc(=O)n1CC(=O)c1ccc(Cl)cc1. The predicted molar refractivity (Wildman–Crippen MR) is 111 cm³/mol. The third-order valence-electron chi connectivity index (χ3n) is 4.49. The van der Waals surface area contributed by atoms with E-state index < -0.39 is 0 Å². The van der Waals surface area contributed by atoms with E-state index in [4.69, 9.17) is 11.6 Å². The molecule has 150 valence electrons. The topological polar surface area (TPSA) is 59.4 Å². The number of aromatic nitrogens is 1. The number of nitrogens with zero attached hydrogens (tertiary/aromatic N) is 2. The number of hydrogen-bond acceptors (Lipinski definition) is 4. The number of carbonyl (C=O) groups excluding carboxylic acids is 2. The first-order valence-corrected chi connectivity index (χ1v) is 9.94. The second kappa shape index (κ2) is 8.71. The highest BCUT2D eigenvalue weighted by atomic mass is 35.5. The third-order valence-corrected chi connectivity index (χ3v) is 5.81. The van der Waals surface area contributed by atoms with Crippen LogP contribution in [0.2, 0.25) is 5.02 Å². The summed E-state index contributed by atoms with van der Waals surface area (Å²) >= 11 is 6.65. The molecule has 2 aromatic carbocycles. The highest BCUT2D eigenvalue weighted by molar-refractivity contribution is 7.11. The van der Waals surface area contributed by atoms with Crippen molar-refractivity contribution in [1.82, 2.24) is 9.47 Å². The van der Waals surface area contributed by atoms with Crippen molar-refractivity contribution in [3.63, 3.8) is 0 Å². The van der Waals surface area contributed by atoms with E-state index in [9.17, 15) is 18.8 Å². The van der Waals surface area contributed by atoms with Gasteiger partial charge in [0.15, 0.2) is 5.78 Å². The minimum Gasteiger partial charge on any atom is -0.337 e. The summed E-state index contributed by atoms with van der Waals surface area (Å²) in [5, 5.41) is 0.516. The third kappa shape index (κ3) is 4.81. The Morgan fingerprint density at radius 2 is 1.72 bits per heavy atom. The van der Waals surface area contributed by atoms with Crippen LogP contribution in [0.5, 0.6) is 0 Å². The fourth-order valence-corrected chi connectivity index (χ4v) is 3.95. The minimum absolute atomic E-state index is 0.155. The number of ketones is 1. The van der Waals surface area contributed by atoms with Crippen LogP contribution >= 0.6 is 22.9 Å². The Balaban J connectivity index is 1.78. The predicted octanol–water partition coefficient (Wildman–Crippen LogP) is 4.17. The van der Waals surface area contributed by atoms with Crippen LogP contribution in [-0.4, -0.2) is 28.2 Å². The Morgan fingerprint density at radius 1 is 1.10 bits per heavy atom. The zero-order valence-electron chi connectivity index (χ0n) is 15.8. The minimum atomic E-state index is -0.372. The fourth-order valence-electron chi connectivity index (χ4n) is 2.84. The van der Waals surface area contributed by atoms with Gasteiger partial charge >= 0.3 is 4.87 Å². The molecule has 1 aromatic heterocycles. The average molecular weight is 433 g/mol. The molecule has 3 rings (SSSR count). The van der Waals surface area contributed by atoms with Crippen molar-refractivity contribution in [2.45, 2.75) is 20.0 Å². The molecule has 0 bridgehead atoms. The highest BCUT2D eigenvalue weighted by Crippen LogP contribution is 2.17. The van der Waals surface area contributed by atoms with Gasteiger partial charge in [0, 0.05) is 29.9 Å². The number of carbonyl (C=O) groups is 2. The second-order valence-electron chi connectivity index (χ2n) is 6.59. The number of benzene rings is 2. The van der Waals surface area contributed by atoms with Gasteiger partial charge in [-0.15, -0.1) is 0 Å². The lowest BCUT2D eigenvalue weighted by atomic mass is 10.1. The van der Waals surface area contributed by atoms with Gasteiger partial charge in [0.25, 0.3) is 5.91 Å². The maximum Gasteiger partial charge on any atom is 0.308 e. The summed E-state index contributed by atoms with van der Waals surface area (Å²) in [6.07, 6.45) is 0. The summed E-state index contributed by atoms with van der Waals surface area (Å²) in [5.74, 6) is -0.922. The monoisotopic (exact) mass is 432 g/mol. The zero-order chi connectivity index (χ0) is 21.1. The van der Waals surface area contributed by atoms with Crippen LogP contribution in [0.15, 0.2) is 53.3 Å². The van der Waals surface area contributed by atoms with Crippen LogP contribution in [-0.2, 0) is 13.1 Å². The molecule has 0 saturated heterocycles. The summed E-state index contributed by atoms with van der Waals surface area (Å²) < 4.78 is 14.3. The molecule has 0 fully saturated rings. The average Bonchev–Trinajstić information content (AvgIpc) is 2.97. The smallest absolute Gasteiger partial charge is 0.308 e. The van der Waals surface area contributed by atoms with E-state index in [0.29, 0.717) is 16.3 Å². The van der Waals surface area contributed by atoms with Crippen molar-refractivity contribution in [2.75, 3.05) is 7.05 Å². The van der Waals surface area contributed by atoms with Crippen molar-refractivity contribution in [1.29, 1.82) is 0 Å². The standard InChI is InChI=1S/C21H18ClFN2O3S/c1-13-19(20(27)24(2)11-14-3-9-17(23)10-4-14)29-21(28)25(13)12-18(26)15-5-7-16(22)8-6-15/h3-10H,11-12H2,1-2H3. The number of hydrogen-bond donors (Lipinski definition) is 0. The number of halogens is 2. The van der Waals surface area contributed by atoms with Crippen molar-refractivity contribution in [3.8, 4) is 0 Å². The van der Waals surface area contributed by atoms with E-state index in [-0.39, 0.29) is 40.3 Å². The van der Waals surface area contributed by atoms with Gasteiger partial charge < -0.3 is 4.90 Å². The molecule has 3 aromatic rings. The van der Waals surface area contributed by atoms with Crippen molar-refractivity contribution in [2.24, 2.45) is 0 Å². The quantitative estimate of drug-likeness (QED) is 0.549. The zero-order valence-corrected chi connectivity index (χ0v) is 17.4. The number of thiazole rings is 1. The molecule has 0 spiro atoms. The largest absolute Gasteiger partial charge is 0.337 e. The summed E-state index contributed by atoms with van der Waals surface area (Å²) in [7, 11) is 1.61. The summed E-state index contributed by atoms with van der Waals surface area (Å²) in [5.41, 5.74) is 1.65. The molecule has 29 heavy (non-hydrogen) atoms. The first kappa shape index (κ1) is 21.0. The Hall–Kier alpha value is -2.77. The van der Waals surface area contributed by atoms with Gasteiger partial charge in [0.2, 0.25) is 0 Å².